The van der Waals surface area contributed by atoms with Crippen molar-refractivity contribution in [3.05, 3.63) is 31.9 Å². The van der Waals surface area contributed by atoms with Gasteiger partial charge in [0.25, 0.3) is 3.79 Å². The zero-order valence-electron chi connectivity index (χ0n) is 7.11. The summed E-state index contributed by atoms with van der Waals surface area (Å²) in [5, 5.41) is 0.506. The molecule has 0 amide bonds. The highest BCUT2D eigenvalue weighted by Gasteiger charge is 2.19. The van der Waals surface area contributed by atoms with Gasteiger partial charge in [-0.15, -0.1) is 0 Å². The monoisotopic (exact) mass is 434 g/mol. The van der Waals surface area contributed by atoms with Crippen molar-refractivity contribution >= 4 is 66.4 Å². The predicted molar refractivity (Wildman–Crippen MR) is 72.3 cm³/mol. The molecule has 1 rings (SSSR count). The van der Waals surface area contributed by atoms with Gasteiger partial charge >= 0.3 is 0 Å². The molecule has 0 radical (unpaired) electrons. The summed E-state index contributed by atoms with van der Waals surface area (Å²) in [6.45, 7) is 1.73. The molecule has 0 bridgehead atoms. The Morgan fingerprint density at radius 2 is 1.93 bits per heavy atom. The molecule has 1 aromatic carbocycles. The number of benzene rings is 1. The summed E-state index contributed by atoms with van der Waals surface area (Å²) in [5.41, 5.74) is 1.08. The highest BCUT2D eigenvalue weighted by molar-refractivity contribution is 14.1. The Morgan fingerprint density at radius 1 is 1.36 bits per heavy atom. The third kappa shape index (κ3) is 2.46. The van der Waals surface area contributed by atoms with Crippen molar-refractivity contribution in [2.24, 2.45) is 0 Å². The molecule has 0 saturated carbocycles. The van der Waals surface area contributed by atoms with Gasteiger partial charge in [-0.2, -0.15) is 0 Å². The number of rotatable bonds is 2. The van der Waals surface area contributed by atoms with Crippen LogP contribution in [-0.4, -0.2) is 9.57 Å². The Balaban J connectivity index is 3.40. The quantitative estimate of drug-likeness (QED) is 0.310. The van der Waals surface area contributed by atoms with Crippen LogP contribution in [0, 0.1) is 10.5 Å². The zero-order chi connectivity index (χ0) is 10.9. The van der Waals surface area contributed by atoms with E-state index >= 15 is 0 Å². The highest BCUT2D eigenvalue weighted by atomic mass is 127. The Hall–Kier alpha value is 0.310. The molecular weight excluding hydrogens is 429 g/mol. The van der Waals surface area contributed by atoms with E-state index in [-0.39, 0.29) is 0 Å². The first-order valence-electron chi connectivity index (χ1n) is 3.64. The van der Waals surface area contributed by atoms with Gasteiger partial charge in [0.05, 0.1) is 0 Å². The van der Waals surface area contributed by atoms with Crippen LogP contribution in [0.3, 0.4) is 0 Å². The van der Waals surface area contributed by atoms with Gasteiger partial charge < -0.3 is 0 Å². The molecule has 1 aromatic rings. The number of hydrogen-bond donors (Lipinski definition) is 0. The molecule has 0 atom stereocenters. The molecule has 0 aliphatic carbocycles. The molecule has 0 aliphatic heterocycles. The first-order chi connectivity index (χ1) is 6.45. The lowest BCUT2D eigenvalue weighted by Gasteiger charge is -2.06. The summed E-state index contributed by atoms with van der Waals surface area (Å²) in [7, 11) is 0. The normalized spacial score (nSPS) is 10.0. The Kier molecular flexibility index (Phi) is 4.32. The largest absolute Gasteiger partial charge is 0.284 e. The van der Waals surface area contributed by atoms with Crippen LogP contribution >= 0.6 is 56.8 Å². The molecule has 74 valence electrons. The van der Waals surface area contributed by atoms with Crippen LogP contribution < -0.4 is 0 Å². The molecule has 2 nitrogen and oxygen atoms in total. The number of carbonyl (C=O) groups is 2. The number of ketones is 1. The van der Waals surface area contributed by atoms with Crippen LogP contribution in [0.4, 0.5) is 0 Å². The first kappa shape index (κ1) is 12.4. The molecule has 0 unspecified atom stereocenters. The van der Waals surface area contributed by atoms with Gasteiger partial charge in [0.15, 0.2) is 0 Å². The lowest BCUT2D eigenvalue weighted by Crippen LogP contribution is -2.11. The standard InChI is InChI=1S/C9H5ClI2O2/c1-4-5(10)2-3-6(11)7(4)8(13)9(12)14/h2-3H,1H3. The van der Waals surface area contributed by atoms with E-state index in [9.17, 15) is 9.59 Å². The maximum Gasteiger partial charge on any atom is 0.262 e. The second-order valence-corrected chi connectivity index (χ2v) is 5.18. The molecule has 0 aliphatic rings. The molecule has 0 aromatic heterocycles. The second kappa shape index (κ2) is 4.89. The third-order valence-electron chi connectivity index (χ3n) is 1.75. The summed E-state index contributed by atoms with van der Waals surface area (Å²) in [5.74, 6) is -0.491. The Morgan fingerprint density at radius 3 is 2.43 bits per heavy atom. The summed E-state index contributed by atoms with van der Waals surface area (Å²) in [4.78, 5) is 22.5. The van der Waals surface area contributed by atoms with E-state index in [2.05, 4.69) is 0 Å². The Labute approximate surface area is 114 Å². The first-order valence-corrected chi connectivity index (χ1v) is 6.17. The summed E-state index contributed by atoms with van der Waals surface area (Å²) in [6.07, 6.45) is 0. The molecule has 0 saturated heterocycles. The minimum absolute atomic E-state index is 0.414. The van der Waals surface area contributed by atoms with Crippen molar-refractivity contribution in [1.29, 1.82) is 0 Å². The minimum atomic E-state index is -0.495. The average molecular weight is 434 g/mol. The van der Waals surface area contributed by atoms with Crippen LogP contribution in [-0.2, 0) is 4.79 Å². The van der Waals surface area contributed by atoms with E-state index in [0.717, 1.165) is 3.57 Å². The van der Waals surface area contributed by atoms with Crippen LogP contribution in [0.15, 0.2) is 12.1 Å². The number of hydrogen-bond acceptors (Lipinski definition) is 2. The number of carbonyl (C=O) groups excluding carboxylic acids is 2. The lowest BCUT2D eigenvalue weighted by molar-refractivity contribution is -0.106. The van der Waals surface area contributed by atoms with Gasteiger partial charge in [-0.25, -0.2) is 0 Å². The Bertz CT molecular complexity index is 416. The van der Waals surface area contributed by atoms with Crippen molar-refractivity contribution in [2.75, 3.05) is 0 Å². The lowest BCUT2D eigenvalue weighted by atomic mass is 10.1. The fourth-order valence-electron chi connectivity index (χ4n) is 1.03. The van der Waals surface area contributed by atoms with Gasteiger partial charge in [0, 0.05) is 36.7 Å². The van der Waals surface area contributed by atoms with Crippen molar-refractivity contribution in [3.8, 4) is 0 Å². The number of halogens is 3. The molecule has 0 N–H and O–H groups in total. The van der Waals surface area contributed by atoms with Gasteiger partial charge in [0.1, 0.15) is 0 Å². The topological polar surface area (TPSA) is 34.1 Å². The van der Waals surface area contributed by atoms with Crippen molar-refractivity contribution < 1.29 is 9.59 Å². The fraction of sp³-hybridized carbons (Fsp3) is 0.111. The van der Waals surface area contributed by atoms with Crippen LogP contribution in [0.5, 0.6) is 0 Å². The highest BCUT2D eigenvalue weighted by Crippen LogP contribution is 2.25. The molecule has 14 heavy (non-hydrogen) atoms. The van der Waals surface area contributed by atoms with Crippen LogP contribution in [0.1, 0.15) is 15.9 Å². The fourth-order valence-corrected chi connectivity index (χ4v) is 2.29. The summed E-state index contributed by atoms with van der Waals surface area (Å²) >= 11 is 9.36. The summed E-state index contributed by atoms with van der Waals surface area (Å²) < 4.78 is 0.255. The van der Waals surface area contributed by atoms with Gasteiger partial charge in [-0.05, 0) is 47.2 Å². The second-order valence-electron chi connectivity index (χ2n) is 2.63. The third-order valence-corrected chi connectivity index (χ3v) is 3.55. The summed E-state index contributed by atoms with van der Waals surface area (Å²) in [6, 6.07) is 3.44. The smallest absolute Gasteiger partial charge is 0.262 e. The van der Waals surface area contributed by atoms with E-state index in [1.807, 2.05) is 22.6 Å². The molecular formula is C9H5ClI2O2. The van der Waals surface area contributed by atoms with E-state index in [0.29, 0.717) is 16.1 Å². The van der Waals surface area contributed by atoms with E-state index in [1.165, 1.54) is 22.6 Å². The van der Waals surface area contributed by atoms with Crippen molar-refractivity contribution in [1.82, 2.24) is 0 Å². The average Bonchev–Trinajstić information content (AvgIpc) is 2.12. The van der Waals surface area contributed by atoms with E-state index < -0.39 is 9.57 Å². The van der Waals surface area contributed by atoms with Gasteiger partial charge in [-0.1, -0.05) is 11.6 Å². The van der Waals surface area contributed by atoms with Crippen molar-refractivity contribution in [3.63, 3.8) is 0 Å². The predicted octanol–water partition coefficient (Wildman–Crippen LogP) is 3.40. The molecule has 5 heteroatoms. The SMILES string of the molecule is Cc1c(Cl)ccc(I)c1C(=O)C(=O)I. The molecule has 0 heterocycles. The maximum atomic E-state index is 11.5. The van der Waals surface area contributed by atoms with E-state index in [4.69, 9.17) is 11.6 Å². The molecule has 0 fully saturated rings. The maximum absolute atomic E-state index is 11.5. The minimum Gasteiger partial charge on any atom is -0.284 e. The van der Waals surface area contributed by atoms with Crippen LogP contribution in [0.25, 0.3) is 0 Å². The van der Waals surface area contributed by atoms with Crippen LogP contribution in [0.2, 0.25) is 5.02 Å². The van der Waals surface area contributed by atoms with Gasteiger partial charge in [-0.3, -0.25) is 9.59 Å². The van der Waals surface area contributed by atoms with Crippen molar-refractivity contribution in [2.45, 2.75) is 6.92 Å². The van der Waals surface area contributed by atoms with Gasteiger partial charge in [0.2, 0.25) is 5.78 Å². The zero-order valence-corrected chi connectivity index (χ0v) is 12.2. The number of Topliss-reactive ketones (excluding diaryl/α,β-unsaturated/α-hetero) is 1. The van der Waals surface area contributed by atoms with E-state index in [1.54, 1.807) is 19.1 Å². The molecule has 0 spiro atoms.